The molecule has 5 heteroatoms. The Morgan fingerprint density at radius 1 is 1.33 bits per heavy atom. The van der Waals surface area contributed by atoms with Crippen LogP contribution >= 0.6 is 28.1 Å². The Hall–Kier alpha value is -1.46. The predicted molar refractivity (Wildman–Crippen MR) is 78.6 cm³/mol. The number of hydrogen-bond donors (Lipinski definition) is 1. The van der Waals surface area contributed by atoms with Gasteiger partial charge in [-0.3, -0.25) is 4.98 Å². The lowest BCUT2D eigenvalue weighted by molar-refractivity contribution is 0.303. The van der Waals surface area contributed by atoms with Crippen molar-refractivity contribution in [1.82, 2.24) is 4.98 Å². The molecule has 1 heterocycles. The van der Waals surface area contributed by atoms with E-state index in [2.05, 4.69) is 20.9 Å². The molecule has 0 aliphatic carbocycles. The van der Waals surface area contributed by atoms with Gasteiger partial charge in [-0.25, -0.2) is 0 Å². The third-order valence-electron chi connectivity index (χ3n) is 2.39. The van der Waals surface area contributed by atoms with E-state index in [0.717, 1.165) is 10.0 Å². The van der Waals surface area contributed by atoms with Gasteiger partial charge in [-0.2, -0.15) is 0 Å². The minimum Gasteiger partial charge on any atom is -0.487 e. The molecule has 0 spiro atoms. The molecule has 0 radical (unpaired) electrons. The summed E-state index contributed by atoms with van der Waals surface area (Å²) in [6, 6.07) is 9.62. The minimum atomic E-state index is 0.305. The first kappa shape index (κ1) is 13.0. The third kappa shape index (κ3) is 3.05. The van der Waals surface area contributed by atoms with Crippen molar-refractivity contribution >= 4 is 33.1 Å². The lowest BCUT2D eigenvalue weighted by Crippen LogP contribution is -2.12. The second kappa shape index (κ2) is 5.93. The van der Waals surface area contributed by atoms with Crippen molar-refractivity contribution in [2.75, 3.05) is 0 Å². The van der Waals surface area contributed by atoms with Crippen molar-refractivity contribution < 1.29 is 4.74 Å². The van der Waals surface area contributed by atoms with Crippen LogP contribution in [0, 0.1) is 0 Å². The summed E-state index contributed by atoms with van der Waals surface area (Å²) in [6.45, 7) is 0.433. The van der Waals surface area contributed by atoms with Crippen LogP contribution in [0.15, 0.2) is 47.2 Å². The standard InChI is InChI=1S/C13H11BrN2OS/c14-11-4-2-1-3-9(11)8-17-12-7-16-6-5-10(12)13(15)18/h1-7H,8H2,(H2,15,18). The van der Waals surface area contributed by atoms with Crippen molar-refractivity contribution in [2.45, 2.75) is 6.61 Å². The smallest absolute Gasteiger partial charge is 0.148 e. The zero-order chi connectivity index (χ0) is 13.0. The molecule has 0 atom stereocenters. The highest BCUT2D eigenvalue weighted by Gasteiger charge is 2.07. The molecule has 2 N–H and O–H groups in total. The molecular weight excluding hydrogens is 312 g/mol. The zero-order valence-electron chi connectivity index (χ0n) is 9.47. The average molecular weight is 323 g/mol. The van der Waals surface area contributed by atoms with Crippen molar-refractivity contribution in [3.63, 3.8) is 0 Å². The number of benzene rings is 1. The monoisotopic (exact) mass is 322 g/mol. The first-order valence-electron chi connectivity index (χ1n) is 5.28. The molecule has 1 aromatic heterocycles. The van der Waals surface area contributed by atoms with E-state index in [4.69, 9.17) is 22.7 Å². The number of nitrogens with two attached hydrogens (primary N) is 1. The first-order chi connectivity index (χ1) is 8.68. The maximum absolute atomic E-state index is 5.71. The van der Waals surface area contributed by atoms with Gasteiger partial charge in [0.05, 0.1) is 11.8 Å². The molecule has 0 bridgehead atoms. The fourth-order valence-corrected chi connectivity index (χ4v) is 2.04. The molecule has 0 unspecified atom stereocenters. The maximum Gasteiger partial charge on any atom is 0.148 e. The summed E-state index contributed by atoms with van der Waals surface area (Å²) in [5.74, 6) is 0.598. The van der Waals surface area contributed by atoms with Gasteiger partial charge >= 0.3 is 0 Å². The summed E-state index contributed by atoms with van der Waals surface area (Å²) >= 11 is 8.44. The third-order valence-corrected chi connectivity index (χ3v) is 3.38. The van der Waals surface area contributed by atoms with E-state index in [1.165, 1.54) is 0 Å². The number of hydrogen-bond acceptors (Lipinski definition) is 3. The van der Waals surface area contributed by atoms with Gasteiger partial charge < -0.3 is 10.5 Å². The number of thiocarbonyl (C=S) groups is 1. The number of rotatable bonds is 4. The molecule has 3 nitrogen and oxygen atoms in total. The Labute approximate surface area is 119 Å². The van der Waals surface area contributed by atoms with Crippen molar-refractivity contribution in [2.24, 2.45) is 5.73 Å². The van der Waals surface area contributed by atoms with Crippen LogP contribution < -0.4 is 10.5 Å². The highest BCUT2D eigenvalue weighted by molar-refractivity contribution is 9.10. The van der Waals surface area contributed by atoms with Gasteiger partial charge in [0.1, 0.15) is 17.3 Å². The molecular formula is C13H11BrN2OS. The lowest BCUT2D eigenvalue weighted by Gasteiger charge is -2.10. The van der Waals surface area contributed by atoms with Crippen LogP contribution in [-0.4, -0.2) is 9.97 Å². The van der Waals surface area contributed by atoms with Gasteiger partial charge in [0.15, 0.2) is 0 Å². The van der Waals surface area contributed by atoms with Gasteiger partial charge in [0.2, 0.25) is 0 Å². The summed E-state index contributed by atoms with van der Waals surface area (Å²) in [5, 5.41) is 0. The molecule has 2 aromatic rings. The number of ether oxygens (including phenoxy) is 1. The van der Waals surface area contributed by atoms with Crippen LogP contribution in [0.2, 0.25) is 0 Å². The van der Waals surface area contributed by atoms with Crippen LogP contribution in [0.1, 0.15) is 11.1 Å². The van der Waals surface area contributed by atoms with Crippen LogP contribution in [-0.2, 0) is 6.61 Å². The second-order valence-electron chi connectivity index (χ2n) is 3.62. The second-order valence-corrected chi connectivity index (χ2v) is 4.91. The highest BCUT2D eigenvalue weighted by Crippen LogP contribution is 2.21. The molecule has 0 aliphatic heterocycles. The molecule has 0 aliphatic rings. The van der Waals surface area contributed by atoms with Gasteiger partial charge in [0, 0.05) is 16.2 Å². The molecule has 0 saturated carbocycles. The summed E-state index contributed by atoms with van der Waals surface area (Å²) < 4.78 is 6.71. The number of halogens is 1. The number of nitrogens with zero attached hydrogens (tertiary/aromatic N) is 1. The van der Waals surface area contributed by atoms with E-state index in [1.54, 1.807) is 18.5 Å². The van der Waals surface area contributed by atoms with Crippen molar-refractivity contribution in [3.8, 4) is 5.75 Å². The van der Waals surface area contributed by atoms with Gasteiger partial charge in [0.25, 0.3) is 0 Å². The van der Waals surface area contributed by atoms with Gasteiger partial charge in [-0.15, -0.1) is 0 Å². The molecule has 0 fully saturated rings. The van der Waals surface area contributed by atoms with Crippen LogP contribution in [0.5, 0.6) is 5.75 Å². The maximum atomic E-state index is 5.71. The summed E-state index contributed by atoms with van der Waals surface area (Å²) in [5.41, 5.74) is 7.38. The summed E-state index contributed by atoms with van der Waals surface area (Å²) in [4.78, 5) is 4.32. The van der Waals surface area contributed by atoms with Crippen LogP contribution in [0.4, 0.5) is 0 Å². The van der Waals surface area contributed by atoms with Crippen LogP contribution in [0.25, 0.3) is 0 Å². The normalized spacial score (nSPS) is 10.1. The number of aromatic nitrogens is 1. The van der Waals surface area contributed by atoms with Crippen LogP contribution in [0.3, 0.4) is 0 Å². The minimum absolute atomic E-state index is 0.305. The van der Waals surface area contributed by atoms with Crippen molar-refractivity contribution in [3.05, 3.63) is 58.3 Å². The van der Waals surface area contributed by atoms with E-state index in [1.807, 2.05) is 24.3 Å². The lowest BCUT2D eigenvalue weighted by atomic mass is 10.2. The Morgan fingerprint density at radius 3 is 2.83 bits per heavy atom. The van der Waals surface area contributed by atoms with Gasteiger partial charge in [-0.1, -0.05) is 46.3 Å². The van der Waals surface area contributed by atoms with E-state index >= 15 is 0 Å². The molecule has 92 valence electrons. The Bertz CT molecular complexity index is 574. The quantitative estimate of drug-likeness (QED) is 0.879. The molecule has 2 rings (SSSR count). The topological polar surface area (TPSA) is 48.1 Å². The zero-order valence-corrected chi connectivity index (χ0v) is 11.9. The largest absolute Gasteiger partial charge is 0.487 e. The van der Waals surface area contributed by atoms with E-state index in [9.17, 15) is 0 Å². The molecule has 0 amide bonds. The average Bonchev–Trinajstić information content (AvgIpc) is 2.38. The number of pyridine rings is 1. The van der Waals surface area contributed by atoms with E-state index in [-0.39, 0.29) is 0 Å². The fraction of sp³-hybridized carbons (Fsp3) is 0.0769. The molecule has 0 saturated heterocycles. The fourth-order valence-electron chi connectivity index (χ4n) is 1.47. The SMILES string of the molecule is NC(=S)c1ccncc1OCc1ccccc1Br. The van der Waals surface area contributed by atoms with Gasteiger partial charge in [-0.05, 0) is 12.1 Å². The highest BCUT2D eigenvalue weighted by atomic mass is 79.9. The van der Waals surface area contributed by atoms with Crippen molar-refractivity contribution in [1.29, 1.82) is 0 Å². The van der Waals surface area contributed by atoms with E-state index < -0.39 is 0 Å². The predicted octanol–water partition coefficient (Wildman–Crippen LogP) is 3.06. The first-order valence-corrected chi connectivity index (χ1v) is 6.48. The molecule has 1 aromatic carbocycles. The molecule has 18 heavy (non-hydrogen) atoms. The summed E-state index contributed by atoms with van der Waals surface area (Å²) in [7, 11) is 0. The Kier molecular flexibility index (Phi) is 4.28. The van der Waals surface area contributed by atoms with E-state index in [0.29, 0.717) is 22.9 Å². The Balaban J connectivity index is 2.16. The summed E-state index contributed by atoms with van der Waals surface area (Å²) in [6.07, 6.45) is 3.26. The Morgan fingerprint density at radius 2 is 2.11 bits per heavy atom.